The van der Waals surface area contributed by atoms with Crippen LogP contribution in [0.5, 0.6) is 0 Å². The maximum absolute atomic E-state index is 10.1. The number of ether oxygens (including phenoxy) is 2. The molecule has 4 nitrogen and oxygen atoms in total. The summed E-state index contributed by atoms with van der Waals surface area (Å²) in [4.78, 5) is 10.1. The Morgan fingerprint density at radius 3 is 2.73 bits per heavy atom. The third kappa shape index (κ3) is 5.91. The molecule has 1 N–H and O–H groups in total. The highest BCUT2D eigenvalue weighted by Gasteiger charge is 2.10. The summed E-state index contributed by atoms with van der Waals surface area (Å²) in [5, 5.41) is 2.55. The molecule has 0 rings (SSSR count). The summed E-state index contributed by atoms with van der Waals surface area (Å²) in [5.41, 5.74) is 0.788. The number of rotatable bonds is 8. The molecule has 15 heavy (non-hydrogen) atoms. The van der Waals surface area contributed by atoms with Crippen LogP contribution in [-0.2, 0) is 14.3 Å². The number of hydrogen-bond acceptors (Lipinski definition) is 3. The zero-order valence-corrected chi connectivity index (χ0v) is 9.58. The van der Waals surface area contributed by atoms with Gasteiger partial charge < -0.3 is 14.8 Å². The largest absolute Gasteiger partial charge is 0.496 e. The van der Waals surface area contributed by atoms with Crippen LogP contribution in [0.4, 0.5) is 0 Å². The number of carbonyl (C=O) groups is 1. The summed E-state index contributed by atoms with van der Waals surface area (Å²) in [6, 6.07) is 0. The van der Waals surface area contributed by atoms with E-state index >= 15 is 0 Å². The maximum atomic E-state index is 10.1. The molecule has 0 spiro atoms. The Hall–Kier alpha value is -1.29. The molecule has 0 aromatic rings. The molecule has 0 aliphatic carbocycles. The molecule has 0 aromatic heterocycles. The van der Waals surface area contributed by atoms with Crippen LogP contribution in [0.25, 0.3) is 0 Å². The number of nitrogens with one attached hydrogen (secondary N) is 1. The van der Waals surface area contributed by atoms with Crippen LogP contribution >= 0.6 is 0 Å². The predicted octanol–water partition coefficient (Wildman–Crippen LogP) is 1.59. The summed E-state index contributed by atoms with van der Waals surface area (Å²) in [6.07, 6.45) is 2.97. The number of methoxy groups -OCH3 is 1. The highest BCUT2D eigenvalue weighted by Crippen LogP contribution is 2.11. The van der Waals surface area contributed by atoms with Gasteiger partial charge in [0.05, 0.1) is 6.61 Å². The fourth-order valence-electron chi connectivity index (χ4n) is 1.07. The first-order valence-corrected chi connectivity index (χ1v) is 4.87. The maximum Gasteiger partial charge on any atom is 0.211 e. The molecule has 4 heteroatoms. The standard InChI is InChI=1S/C11H19NO3/c1-5-15-10(3)11(14-4)7-6-9(2)12-8-13/h6,8,11H,3,5,7H2,1-2,4H3,(H,12,13)/b9-6+. The van der Waals surface area contributed by atoms with Crippen LogP contribution < -0.4 is 5.32 Å². The minimum absolute atomic E-state index is 0.173. The van der Waals surface area contributed by atoms with Crippen molar-refractivity contribution in [1.82, 2.24) is 5.32 Å². The van der Waals surface area contributed by atoms with Crippen LogP contribution in [0.15, 0.2) is 24.1 Å². The van der Waals surface area contributed by atoms with Gasteiger partial charge in [-0.15, -0.1) is 0 Å². The topological polar surface area (TPSA) is 47.6 Å². The van der Waals surface area contributed by atoms with Crippen molar-refractivity contribution in [2.24, 2.45) is 0 Å². The molecule has 1 amide bonds. The molecule has 86 valence electrons. The first-order valence-electron chi connectivity index (χ1n) is 4.87. The summed E-state index contributed by atoms with van der Waals surface area (Å²) in [7, 11) is 1.60. The number of carbonyl (C=O) groups excluding carboxylic acids is 1. The number of amides is 1. The van der Waals surface area contributed by atoms with Gasteiger partial charge in [0.15, 0.2) is 0 Å². The summed E-state index contributed by atoms with van der Waals surface area (Å²) in [5.74, 6) is 0.607. The van der Waals surface area contributed by atoms with Crippen molar-refractivity contribution in [1.29, 1.82) is 0 Å². The molecular formula is C11H19NO3. The van der Waals surface area contributed by atoms with E-state index in [9.17, 15) is 4.79 Å². The Kier molecular flexibility index (Phi) is 7.36. The van der Waals surface area contributed by atoms with Crippen molar-refractivity contribution < 1.29 is 14.3 Å². The smallest absolute Gasteiger partial charge is 0.211 e. The Balaban J connectivity index is 4.15. The second-order valence-electron chi connectivity index (χ2n) is 3.01. The van der Waals surface area contributed by atoms with Gasteiger partial charge in [-0.05, 0) is 13.8 Å². The van der Waals surface area contributed by atoms with Gasteiger partial charge in [-0.1, -0.05) is 12.7 Å². The normalized spacial score (nSPS) is 13.1. The van der Waals surface area contributed by atoms with Crippen molar-refractivity contribution in [2.75, 3.05) is 13.7 Å². The van der Waals surface area contributed by atoms with Crippen LogP contribution in [0.2, 0.25) is 0 Å². The highest BCUT2D eigenvalue weighted by molar-refractivity contribution is 5.49. The minimum atomic E-state index is -0.173. The fourth-order valence-corrected chi connectivity index (χ4v) is 1.07. The molecule has 0 bridgehead atoms. The van der Waals surface area contributed by atoms with Gasteiger partial charge in [0.1, 0.15) is 11.9 Å². The average Bonchev–Trinajstić information content (AvgIpc) is 2.19. The summed E-state index contributed by atoms with van der Waals surface area (Å²) < 4.78 is 10.5. The molecule has 0 saturated heterocycles. The molecule has 0 fully saturated rings. The third-order valence-electron chi connectivity index (χ3n) is 1.90. The van der Waals surface area contributed by atoms with Crippen molar-refractivity contribution in [3.8, 4) is 0 Å². The van der Waals surface area contributed by atoms with Crippen molar-refractivity contribution in [2.45, 2.75) is 26.4 Å². The van der Waals surface area contributed by atoms with Gasteiger partial charge in [-0.3, -0.25) is 4.79 Å². The molecule has 0 saturated carbocycles. The summed E-state index contributed by atoms with van der Waals surface area (Å²) in [6.45, 7) is 8.06. The third-order valence-corrected chi connectivity index (χ3v) is 1.90. The van der Waals surface area contributed by atoms with E-state index in [1.807, 2.05) is 19.9 Å². The second kappa shape index (κ2) is 8.05. The van der Waals surface area contributed by atoms with E-state index in [-0.39, 0.29) is 6.10 Å². The van der Waals surface area contributed by atoms with Crippen molar-refractivity contribution in [3.63, 3.8) is 0 Å². The van der Waals surface area contributed by atoms with Crippen LogP contribution in [-0.4, -0.2) is 26.2 Å². The van der Waals surface area contributed by atoms with E-state index in [2.05, 4.69) is 11.9 Å². The van der Waals surface area contributed by atoms with Gasteiger partial charge in [-0.2, -0.15) is 0 Å². The molecule has 0 aromatic carbocycles. The van der Waals surface area contributed by atoms with Gasteiger partial charge in [0.25, 0.3) is 0 Å². The molecule has 1 unspecified atom stereocenters. The lowest BCUT2D eigenvalue weighted by atomic mass is 10.2. The molecular weight excluding hydrogens is 194 g/mol. The highest BCUT2D eigenvalue weighted by atomic mass is 16.5. The Labute approximate surface area is 90.9 Å². The van der Waals surface area contributed by atoms with Crippen LogP contribution in [0.3, 0.4) is 0 Å². The van der Waals surface area contributed by atoms with E-state index in [0.29, 0.717) is 25.2 Å². The van der Waals surface area contributed by atoms with Gasteiger partial charge in [0.2, 0.25) is 6.41 Å². The monoisotopic (exact) mass is 213 g/mol. The van der Waals surface area contributed by atoms with E-state index in [0.717, 1.165) is 5.70 Å². The van der Waals surface area contributed by atoms with Crippen molar-refractivity contribution in [3.05, 3.63) is 24.1 Å². The zero-order valence-electron chi connectivity index (χ0n) is 9.58. The molecule has 0 heterocycles. The quantitative estimate of drug-likeness (QED) is 0.492. The second-order valence-corrected chi connectivity index (χ2v) is 3.01. The van der Waals surface area contributed by atoms with E-state index in [4.69, 9.17) is 9.47 Å². The van der Waals surface area contributed by atoms with E-state index in [1.165, 1.54) is 0 Å². The lowest BCUT2D eigenvalue weighted by Crippen LogP contribution is -2.16. The van der Waals surface area contributed by atoms with Gasteiger partial charge >= 0.3 is 0 Å². The predicted molar refractivity (Wildman–Crippen MR) is 59.1 cm³/mol. The van der Waals surface area contributed by atoms with E-state index in [1.54, 1.807) is 7.11 Å². The molecule has 0 aliphatic heterocycles. The van der Waals surface area contributed by atoms with Gasteiger partial charge in [-0.25, -0.2) is 0 Å². The zero-order chi connectivity index (χ0) is 11.7. The first kappa shape index (κ1) is 13.7. The SMILES string of the molecule is C=C(OCC)C(C/C=C(\C)NC=O)OC. The Morgan fingerprint density at radius 2 is 2.27 bits per heavy atom. The lowest BCUT2D eigenvalue weighted by molar-refractivity contribution is -0.108. The number of allylic oxidation sites excluding steroid dienone is 1. The Morgan fingerprint density at radius 1 is 1.60 bits per heavy atom. The van der Waals surface area contributed by atoms with Gasteiger partial charge in [0, 0.05) is 19.2 Å². The molecule has 0 aliphatic rings. The molecule has 0 radical (unpaired) electrons. The summed E-state index contributed by atoms with van der Waals surface area (Å²) >= 11 is 0. The Bertz CT molecular complexity index is 236. The molecule has 1 atom stereocenters. The minimum Gasteiger partial charge on any atom is -0.496 e. The lowest BCUT2D eigenvalue weighted by Gasteiger charge is -2.16. The number of hydrogen-bond donors (Lipinski definition) is 1. The first-order chi connectivity index (χ1) is 7.15. The van der Waals surface area contributed by atoms with Crippen LogP contribution in [0, 0.1) is 0 Å². The van der Waals surface area contributed by atoms with Crippen LogP contribution in [0.1, 0.15) is 20.3 Å². The average molecular weight is 213 g/mol. The fraction of sp³-hybridized carbons (Fsp3) is 0.545. The van der Waals surface area contributed by atoms with E-state index < -0.39 is 0 Å². The van der Waals surface area contributed by atoms with Crippen molar-refractivity contribution >= 4 is 6.41 Å².